The molecule has 0 aromatic heterocycles. The van der Waals surface area contributed by atoms with Crippen molar-refractivity contribution < 1.29 is 4.39 Å². The third-order valence-electron chi connectivity index (χ3n) is 3.28. The first-order chi connectivity index (χ1) is 8.22. The van der Waals surface area contributed by atoms with E-state index in [-0.39, 0.29) is 11.9 Å². The molecule has 2 N–H and O–H groups in total. The molecule has 1 heterocycles. The summed E-state index contributed by atoms with van der Waals surface area (Å²) in [6.45, 7) is 4.54. The fourth-order valence-electron chi connectivity index (χ4n) is 2.26. The van der Waals surface area contributed by atoms with Gasteiger partial charge in [0.15, 0.2) is 0 Å². The minimum Gasteiger partial charge on any atom is -0.329 e. The van der Waals surface area contributed by atoms with Crippen molar-refractivity contribution in [1.82, 2.24) is 4.90 Å². The van der Waals surface area contributed by atoms with Gasteiger partial charge in [-0.25, -0.2) is 4.39 Å². The van der Waals surface area contributed by atoms with Gasteiger partial charge in [-0.2, -0.15) is 11.8 Å². The van der Waals surface area contributed by atoms with Crippen molar-refractivity contribution in [1.29, 1.82) is 0 Å². The summed E-state index contributed by atoms with van der Waals surface area (Å²) in [5, 5.41) is 0. The van der Waals surface area contributed by atoms with Crippen LogP contribution in [0.4, 0.5) is 4.39 Å². The zero-order valence-corrected chi connectivity index (χ0v) is 11.0. The van der Waals surface area contributed by atoms with Crippen molar-refractivity contribution in [2.24, 2.45) is 5.73 Å². The van der Waals surface area contributed by atoms with Crippen LogP contribution in [0.5, 0.6) is 0 Å². The number of nitrogens with zero attached hydrogens (tertiary/aromatic N) is 1. The van der Waals surface area contributed by atoms with Crippen molar-refractivity contribution in [3.05, 3.63) is 35.1 Å². The van der Waals surface area contributed by atoms with Crippen molar-refractivity contribution in [2.45, 2.75) is 13.0 Å². The van der Waals surface area contributed by atoms with Crippen molar-refractivity contribution in [2.75, 3.05) is 31.1 Å². The molecule has 0 radical (unpaired) electrons. The third kappa shape index (κ3) is 3.00. The summed E-state index contributed by atoms with van der Waals surface area (Å²) in [5.74, 6) is 2.19. The predicted octanol–water partition coefficient (Wildman–Crippen LogP) is 2.18. The molecule has 1 aliphatic rings. The molecule has 4 heteroatoms. The van der Waals surface area contributed by atoms with Gasteiger partial charge in [0.2, 0.25) is 0 Å². The highest BCUT2D eigenvalue weighted by Gasteiger charge is 2.21. The van der Waals surface area contributed by atoms with E-state index >= 15 is 0 Å². The fraction of sp³-hybridized carbons (Fsp3) is 0.538. The van der Waals surface area contributed by atoms with Gasteiger partial charge in [-0.15, -0.1) is 0 Å². The minimum absolute atomic E-state index is 0.140. The maximum atomic E-state index is 13.3. The molecule has 1 unspecified atom stereocenters. The van der Waals surface area contributed by atoms with Crippen LogP contribution in [0, 0.1) is 12.7 Å². The summed E-state index contributed by atoms with van der Waals surface area (Å²) >= 11 is 1.98. The summed E-state index contributed by atoms with van der Waals surface area (Å²) in [5.41, 5.74) is 7.72. The number of hydrogen-bond donors (Lipinski definition) is 1. The van der Waals surface area contributed by atoms with Gasteiger partial charge >= 0.3 is 0 Å². The van der Waals surface area contributed by atoms with Gasteiger partial charge in [0.1, 0.15) is 5.82 Å². The second-order valence-electron chi connectivity index (χ2n) is 4.41. The van der Waals surface area contributed by atoms with E-state index in [0.29, 0.717) is 12.1 Å². The largest absolute Gasteiger partial charge is 0.329 e. The average molecular weight is 254 g/mol. The van der Waals surface area contributed by atoms with Crippen LogP contribution in [0.3, 0.4) is 0 Å². The Bertz CT molecular complexity index is 378. The molecule has 1 saturated heterocycles. The van der Waals surface area contributed by atoms with E-state index in [1.807, 2.05) is 23.9 Å². The zero-order chi connectivity index (χ0) is 12.3. The van der Waals surface area contributed by atoms with Gasteiger partial charge in [-0.3, -0.25) is 4.90 Å². The van der Waals surface area contributed by atoms with Gasteiger partial charge in [0, 0.05) is 37.2 Å². The molecule has 1 fully saturated rings. The van der Waals surface area contributed by atoms with Gasteiger partial charge in [-0.05, 0) is 24.1 Å². The number of hydrogen-bond acceptors (Lipinski definition) is 3. The van der Waals surface area contributed by atoms with E-state index in [0.717, 1.165) is 30.2 Å². The highest BCUT2D eigenvalue weighted by Crippen LogP contribution is 2.24. The van der Waals surface area contributed by atoms with Crippen molar-refractivity contribution in [3.8, 4) is 0 Å². The smallest absolute Gasteiger partial charge is 0.126 e. The Balaban J connectivity index is 2.18. The van der Waals surface area contributed by atoms with Crippen molar-refractivity contribution >= 4 is 11.8 Å². The fourth-order valence-corrected chi connectivity index (χ4v) is 3.19. The summed E-state index contributed by atoms with van der Waals surface area (Å²) in [7, 11) is 0. The van der Waals surface area contributed by atoms with Crippen LogP contribution in [0.25, 0.3) is 0 Å². The molecule has 0 amide bonds. The van der Waals surface area contributed by atoms with E-state index in [9.17, 15) is 4.39 Å². The van der Waals surface area contributed by atoms with E-state index in [1.165, 1.54) is 0 Å². The predicted molar refractivity (Wildman–Crippen MR) is 71.8 cm³/mol. The maximum absolute atomic E-state index is 13.3. The molecular weight excluding hydrogens is 235 g/mol. The average Bonchev–Trinajstić information content (AvgIpc) is 2.36. The van der Waals surface area contributed by atoms with Crippen LogP contribution < -0.4 is 5.73 Å². The Morgan fingerprint density at radius 2 is 2.12 bits per heavy atom. The molecule has 1 aromatic rings. The number of thioether (sulfide) groups is 1. The summed E-state index contributed by atoms with van der Waals surface area (Å²) in [6.07, 6.45) is 0. The first kappa shape index (κ1) is 12.9. The summed E-state index contributed by atoms with van der Waals surface area (Å²) in [6, 6.07) is 5.57. The summed E-state index contributed by atoms with van der Waals surface area (Å²) in [4.78, 5) is 2.41. The Labute approximate surface area is 106 Å². The van der Waals surface area contributed by atoms with Gasteiger partial charge < -0.3 is 5.73 Å². The molecule has 0 aliphatic carbocycles. The van der Waals surface area contributed by atoms with Crippen LogP contribution in [0.1, 0.15) is 17.2 Å². The Morgan fingerprint density at radius 1 is 1.41 bits per heavy atom. The van der Waals surface area contributed by atoms with E-state index in [1.54, 1.807) is 13.0 Å². The highest BCUT2D eigenvalue weighted by molar-refractivity contribution is 7.99. The standard InChI is InChI=1S/C13H19FN2S/c1-10-8-11(2-3-12(10)14)13(9-15)16-4-6-17-7-5-16/h2-3,8,13H,4-7,9,15H2,1H3. The normalized spacial score (nSPS) is 19.2. The summed E-state index contributed by atoms with van der Waals surface area (Å²) < 4.78 is 13.3. The number of aryl methyl sites for hydroxylation is 1. The molecule has 94 valence electrons. The lowest BCUT2D eigenvalue weighted by molar-refractivity contribution is 0.223. The first-order valence-electron chi connectivity index (χ1n) is 6.00. The molecule has 2 nitrogen and oxygen atoms in total. The zero-order valence-electron chi connectivity index (χ0n) is 10.2. The first-order valence-corrected chi connectivity index (χ1v) is 7.15. The molecule has 1 atom stereocenters. The molecule has 1 aliphatic heterocycles. The monoisotopic (exact) mass is 254 g/mol. The molecule has 0 saturated carbocycles. The molecule has 17 heavy (non-hydrogen) atoms. The highest BCUT2D eigenvalue weighted by atomic mass is 32.2. The van der Waals surface area contributed by atoms with Gasteiger partial charge in [-0.1, -0.05) is 12.1 Å². The molecule has 2 rings (SSSR count). The van der Waals surface area contributed by atoms with Crippen LogP contribution in [0.2, 0.25) is 0 Å². The molecular formula is C13H19FN2S. The second kappa shape index (κ2) is 5.85. The number of benzene rings is 1. The van der Waals surface area contributed by atoms with Gasteiger partial charge in [0.25, 0.3) is 0 Å². The van der Waals surface area contributed by atoms with Crippen molar-refractivity contribution in [3.63, 3.8) is 0 Å². The second-order valence-corrected chi connectivity index (χ2v) is 5.63. The van der Waals surface area contributed by atoms with E-state index < -0.39 is 0 Å². The Hall–Kier alpha value is -0.580. The number of rotatable bonds is 3. The van der Waals surface area contributed by atoms with Crippen LogP contribution >= 0.6 is 11.8 Å². The topological polar surface area (TPSA) is 29.3 Å². The number of halogens is 1. The van der Waals surface area contributed by atoms with Gasteiger partial charge in [0.05, 0.1) is 0 Å². The Morgan fingerprint density at radius 3 is 2.71 bits per heavy atom. The molecule has 1 aromatic carbocycles. The SMILES string of the molecule is Cc1cc(C(CN)N2CCSCC2)ccc1F. The lowest BCUT2D eigenvalue weighted by Crippen LogP contribution is -2.39. The number of nitrogens with two attached hydrogens (primary N) is 1. The van der Waals surface area contributed by atoms with Crippen LogP contribution in [-0.4, -0.2) is 36.0 Å². The minimum atomic E-state index is -0.140. The van der Waals surface area contributed by atoms with Crippen LogP contribution in [0.15, 0.2) is 18.2 Å². The molecule has 0 bridgehead atoms. The quantitative estimate of drug-likeness (QED) is 0.896. The van der Waals surface area contributed by atoms with E-state index in [2.05, 4.69) is 4.90 Å². The maximum Gasteiger partial charge on any atom is 0.126 e. The van der Waals surface area contributed by atoms with E-state index in [4.69, 9.17) is 5.73 Å². The third-order valence-corrected chi connectivity index (χ3v) is 4.22. The Kier molecular flexibility index (Phi) is 4.42. The van der Waals surface area contributed by atoms with Crippen LogP contribution in [-0.2, 0) is 0 Å². The lowest BCUT2D eigenvalue weighted by atomic mass is 10.0. The molecule has 0 spiro atoms. The lowest BCUT2D eigenvalue weighted by Gasteiger charge is -2.34.